The van der Waals surface area contributed by atoms with Gasteiger partial charge in [-0.1, -0.05) is 20.3 Å². The van der Waals surface area contributed by atoms with E-state index in [-0.39, 0.29) is 17.9 Å². The zero-order valence-electron chi connectivity index (χ0n) is 9.86. The van der Waals surface area contributed by atoms with E-state index < -0.39 is 17.3 Å². The van der Waals surface area contributed by atoms with E-state index in [0.29, 0.717) is 0 Å². The molecule has 0 bridgehead atoms. The molecule has 0 aliphatic carbocycles. The maximum absolute atomic E-state index is 14.3. The van der Waals surface area contributed by atoms with Gasteiger partial charge in [0.05, 0.1) is 0 Å². The minimum atomic E-state index is -1.74. The van der Waals surface area contributed by atoms with Crippen LogP contribution in [0, 0.1) is 17.6 Å². The van der Waals surface area contributed by atoms with Crippen molar-refractivity contribution in [3.63, 3.8) is 0 Å². The number of benzene rings is 1. The first-order valence-electron chi connectivity index (χ1n) is 5.51. The van der Waals surface area contributed by atoms with Gasteiger partial charge < -0.3 is 0 Å². The standard InChI is InChI=1S/C13H17F3/c1-4-9(2)8-13(3,16)11-6-5-10(14)7-12(11)15/h5-7,9H,4,8H2,1-3H3. The van der Waals surface area contributed by atoms with Crippen LogP contribution < -0.4 is 0 Å². The molecule has 0 aliphatic heterocycles. The molecule has 0 amide bonds. The van der Waals surface area contributed by atoms with Crippen LogP contribution in [0.5, 0.6) is 0 Å². The zero-order chi connectivity index (χ0) is 12.3. The average Bonchev–Trinajstić information content (AvgIpc) is 2.16. The van der Waals surface area contributed by atoms with E-state index in [1.165, 1.54) is 13.0 Å². The van der Waals surface area contributed by atoms with Gasteiger partial charge in [-0.3, -0.25) is 0 Å². The third-order valence-corrected chi connectivity index (χ3v) is 2.92. The average molecular weight is 230 g/mol. The summed E-state index contributed by atoms with van der Waals surface area (Å²) in [4.78, 5) is 0. The molecular formula is C13H17F3. The lowest BCUT2D eigenvalue weighted by Gasteiger charge is -2.24. The molecule has 1 rings (SSSR count). The molecule has 0 nitrogen and oxygen atoms in total. The van der Waals surface area contributed by atoms with Crippen molar-refractivity contribution in [1.82, 2.24) is 0 Å². The molecule has 0 aliphatic rings. The van der Waals surface area contributed by atoms with Crippen LogP contribution in [0.25, 0.3) is 0 Å². The molecule has 0 saturated carbocycles. The first-order valence-corrected chi connectivity index (χ1v) is 5.51. The van der Waals surface area contributed by atoms with Crippen LogP contribution >= 0.6 is 0 Å². The molecule has 1 aromatic rings. The monoisotopic (exact) mass is 230 g/mol. The molecule has 3 heteroatoms. The van der Waals surface area contributed by atoms with Crippen molar-refractivity contribution < 1.29 is 13.2 Å². The first-order chi connectivity index (χ1) is 7.36. The van der Waals surface area contributed by atoms with Crippen molar-refractivity contribution in [1.29, 1.82) is 0 Å². The predicted octanol–water partition coefficient (Wildman–Crippen LogP) is 4.59. The largest absolute Gasteiger partial charge is 0.239 e. The van der Waals surface area contributed by atoms with Gasteiger partial charge in [0.15, 0.2) is 0 Å². The summed E-state index contributed by atoms with van der Waals surface area (Å²) in [6.45, 7) is 5.22. The van der Waals surface area contributed by atoms with Crippen LogP contribution in [-0.4, -0.2) is 0 Å². The van der Waals surface area contributed by atoms with E-state index in [9.17, 15) is 13.2 Å². The third kappa shape index (κ3) is 3.00. The molecule has 0 aromatic heterocycles. The highest BCUT2D eigenvalue weighted by atomic mass is 19.2. The Labute approximate surface area is 94.5 Å². The van der Waals surface area contributed by atoms with Gasteiger partial charge in [-0.25, -0.2) is 13.2 Å². The predicted molar refractivity (Wildman–Crippen MR) is 58.9 cm³/mol. The number of hydrogen-bond donors (Lipinski definition) is 0. The summed E-state index contributed by atoms with van der Waals surface area (Å²) >= 11 is 0. The Kier molecular flexibility index (Phi) is 4.00. The highest BCUT2D eigenvalue weighted by Gasteiger charge is 2.30. The van der Waals surface area contributed by atoms with Gasteiger partial charge in [-0.05, 0) is 31.4 Å². The molecule has 2 unspecified atom stereocenters. The van der Waals surface area contributed by atoms with Crippen molar-refractivity contribution in [2.24, 2.45) is 5.92 Å². The fourth-order valence-electron chi connectivity index (χ4n) is 1.82. The van der Waals surface area contributed by atoms with Gasteiger partial charge in [-0.15, -0.1) is 0 Å². The van der Waals surface area contributed by atoms with Gasteiger partial charge in [0.2, 0.25) is 0 Å². The lowest BCUT2D eigenvalue weighted by molar-refractivity contribution is 0.143. The van der Waals surface area contributed by atoms with Crippen LogP contribution in [0.15, 0.2) is 18.2 Å². The van der Waals surface area contributed by atoms with Crippen molar-refractivity contribution in [3.8, 4) is 0 Å². The van der Waals surface area contributed by atoms with Gasteiger partial charge >= 0.3 is 0 Å². The van der Waals surface area contributed by atoms with Gasteiger partial charge in [0.25, 0.3) is 0 Å². The molecule has 2 atom stereocenters. The fourth-order valence-corrected chi connectivity index (χ4v) is 1.82. The van der Waals surface area contributed by atoms with E-state index in [1.807, 2.05) is 13.8 Å². The molecule has 0 N–H and O–H groups in total. The van der Waals surface area contributed by atoms with E-state index in [0.717, 1.165) is 18.6 Å². The van der Waals surface area contributed by atoms with Crippen LogP contribution in [0.4, 0.5) is 13.2 Å². The van der Waals surface area contributed by atoms with E-state index >= 15 is 0 Å². The van der Waals surface area contributed by atoms with E-state index in [1.54, 1.807) is 0 Å². The topological polar surface area (TPSA) is 0 Å². The van der Waals surface area contributed by atoms with Crippen LogP contribution in [-0.2, 0) is 5.67 Å². The van der Waals surface area contributed by atoms with Crippen LogP contribution in [0.1, 0.15) is 39.2 Å². The summed E-state index contributed by atoms with van der Waals surface area (Å²) in [6, 6.07) is 3.00. The smallest absolute Gasteiger partial charge is 0.136 e. The summed E-state index contributed by atoms with van der Waals surface area (Å²) in [7, 11) is 0. The van der Waals surface area contributed by atoms with E-state index in [4.69, 9.17) is 0 Å². The van der Waals surface area contributed by atoms with E-state index in [2.05, 4.69) is 0 Å². The highest BCUT2D eigenvalue weighted by Crippen LogP contribution is 2.35. The first kappa shape index (κ1) is 13.1. The molecule has 16 heavy (non-hydrogen) atoms. The third-order valence-electron chi connectivity index (χ3n) is 2.92. The number of rotatable bonds is 4. The normalized spacial score (nSPS) is 16.9. The summed E-state index contributed by atoms with van der Waals surface area (Å²) < 4.78 is 40.4. The summed E-state index contributed by atoms with van der Waals surface area (Å²) in [5, 5.41) is 0. The Bertz CT molecular complexity index is 358. The Morgan fingerprint density at radius 3 is 2.44 bits per heavy atom. The molecule has 0 heterocycles. The summed E-state index contributed by atoms with van der Waals surface area (Å²) in [5.41, 5.74) is -1.80. The molecule has 1 aromatic carbocycles. The van der Waals surface area contributed by atoms with Gasteiger partial charge in [0, 0.05) is 11.6 Å². The second kappa shape index (κ2) is 4.89. The van der Waals surface area contributed by atoms with Crippen molar-refractivity contribution in [3.05, 3.63) is 35.4 Å². The Balaban J connectivity index is 2.97. The molecule has 0 saturated heterocycles. The number of alkyl halides is 1. The van der Waals surface area contributed by atoms with Crippen LogP contribution in [0.2, 0.25) is 0 Å². The van der Waals surface area contributed by atoms with Gasteiger partial charge in [-0.2, -0.15) is 0 Å². The van der Waals surface area contributed by atoms with Crippen molar-refractivity contribution in [2.45, 2.75) is 39.3 Å². The lowest BCUT2D eigenvalue weighted by Crippen LogP contribution is -2.20. The SMILES string of the molecule is CCC(C)CC(C)(F)c1ccc(F)cc1F. The minimum Gasteiger partial charge on any atom is -0.239 e. The van der Waals surface area contributed by atoms with Crippen molar-refractivity contribution in [2.75, 3.05) is 0 Å². The maximum Gasteiger partial charge on any atom is 0.136 e. The number of hydrogen-bond acceptors (Lipinski definition) is 0. The Morgan fingerprint density at radius 1 is 1.31 bits per heavy atom. The fraction of sp³-hybridized carbons (Fsp3) is 0.538. The number of halogens is 3. The summed E-state index contributed by atoms with van der Waals surface area (Å²) in [6.07, 6.45) is 1.08. The molecule has 90 valence electrons. The Hall–Kier alpha value is -0.990. The maximum atomic E-state index is 14.3. The second-order valence-electron chi connectivity index (χ2n) is 4.54. The molecule has 0 radical (unpaired) electrons. The van der Waals surface area contributed by atoms with Gasteiger partial charge in [0.1, 0.15) is 17.3 Å². The quantitative estimate of drug-likeness (QED) is 0.709. The minimum absolute atomic E-state index is 0.0609. The second-order valence-corrected chi connectivity index (χ2v) is 4.54. The molecular weight excluding hydrogens is 213 g/mol. The lowest BCUT2D eigenvalue weighted by atomic mass is 9.87. The Morgan fingerprint density at radius 2 is 1.94 bits per heavy atom. The van der Waals surface area contributed by atoms with Crippen molar-refractivity contribution >= 4 is 0 Å². The zero-order valence-corrected chi connectivity index (χ0v) is 9.86. The molecule has 0 spiro atoms. The molecule has 0 fully saturated rings. The van der Waals surface area contributed by atoms with Crippen LogP contribution in [0.3, 0.4) is 0 Å². The highest BCUT2D eigenvalue weighted by molar-refractivity contribution is 5.24. The summed E-state index contributed by atoms with van der Waals surface area (Å²) in [5.74, 6) is -1.33.